The van der Waals surface area contributed by atoms with Crippen molar-refractivity contribution in [3.8, 4) is 0 Å². The van der Waals surface area contributed by atoms with Crippen molar-refractivity contribution < 1.29 is 0 Å². The molecule has 1 heterocycles. The van der Waals surface area contributed by atoms with Crippen LogP contribution in [0.5, 0.6) is 0 Å². The standard InChI is InChI=1S/C10H17PS/c1-9(2,3)8-7-10(4,11)5-6-12-8/h5-7H,11H2,1-4H3. The van der Waals surface area contributed by atoms with Gasteiger partial charge in [-0.2, -0.15) is 0 Å². The molecule has 0 amide bonds. The van der Waals surface area contributed by atoms with Crippen molar-refractivity contribution >= 4 is 21.0 Å². The first kappa shape index (κ1) is 10.3. The zero-order valence-corrected chi connectivity index (χ0v) is 10.2. The van der Waals surface area contributed by atoms with Crippen LogP contribution in [0.2, 0.25) is 0 Å². The van der Waals surface area contributed by atoms with E-state index in [9.17, 15) is 0 Å². The van der Waals surface area contributed by atoms with Gasteiger partial charge >= 0.3 is 0 Å². The van der Waals surface area contributed by atoms with E-state index in [1.807, 2.05) is 11.8 Å². The summed E-state index contributed by atoms with van der Waals surface area (Å²) < 4.78 is 0. The SMILES string of the molecule is CC1(P)C=CSC(C(C)(C)C)=C1. The van der Waals surface area contributed by atoms with E-state index >= 15 is 0 Å². The summed E-state index contributed by atoms with van der Waals surface area (Å²) in [4.78, 5) is 1.46. The van der Waals surface area contributed by atoms with Crippen LogP contribution >= 0.6 is 21.0 Å². The van der Waals surface area contributed by atoms with Crippen molar-refractivity contribution in [1.82, 2.24) is 0 Å². The third-order valence-corrected chi connectivity index (χ3v) is 3.42. The summed E-state index contributed by atoms with van der Waals surface area (Å²) in [5.74, 6) is 0. The van der Waals surface area contributed by atoms with Gasteiger partial charge in [-0.3, -0.25) is 0 Å². The Morgan fingerprint density at radius 1 is 1.42 bits per heavy atom. The Balaban J connectivity index is 2.89. The minimum absolute atomic E-state index is 0.161. The molecule has 0 aromatic heterocycles. The van der Waals surface area contributed by atoms with Gasteiger partial charge in [-0.1, -0.05) is 32.9 Å². The largest absolute Gasteiger partial charge is 0.123 e. The van der Waals surface area contributed by atoms with Gasteiger partial charge in [-0.15, -0.1) is 21.0 Å². The molecule has 2 unspecified atom stereocenters. The van der Waals surface area contributed by atoms with E-state index in [0.29, 0.717) is 0 Å². The van der Waals surface area contributed by atoms with Gasteiger partial charge in [0.1, 0.15) is 0 Å². The van der Waals surface area contributed by atoms with Crippen LogP contribution < -0.4 is 0 Å². The highest BCUT2D eigenvalue weighted by Gasteiger charge is 2.23. The van der Waals surface area contributed by atoms with Crippen molar-refractivity contribution in [3.05, 3.63) is 22.5 Å². The summed E-state index contributed by atoms with van der Waals surface area (Å²) >= 11 is 1.84. The molecule has 2 atom stereocenters. The third-order valence-electron chi connectivity index (χ3n) is 1.80. The van der Waals surface area contributed by atoms with Crippen molar-refractivity contribution in [2.45, 2.75) is 32.9 Å². The van der Waals surface area contributed by atoms with Gasteiger partial charge in [-0.05, 0) is 22.7 Å². The minimum atomic E-state index is 0.161. The smallest absolute Gasteiger partial charge is 0.0196 e. The third kappa shape index (κ3) is 2.64. The molecule has 0 fully saturated rings. The van der Waals surface area contributed by atoms with Crippen molar-refractivity contribution in [2.24, 2.45) is 5.41 Å². The maximum absolute atomic E-state index is 2.87. The Labute approximate surface area is 82.1 Å². The Morgan fingerprint density at radius 3 is 2.33 bits per heavy atom. The molecule has 0 radical (unpaired) electrons. The lowest BCUT2D eigenvalue weighted by Gasteiger charge is -2.28. The van der Waals surface area contributed by atoms with Crippen LogP contribution in [-0.2, 0) is 0 Å². The van der Waals surface area contributed by atoms with E-state index in [1.165, 1.54) is 4.91 Å². The minimum Gasteiger partial charge on any atom is -0.123 e. The van der Waals surface area contributed by atoms with Crippen LogP contribution in [0.4, 0.5) is 0 Å². The first-order chi connectivity index (χ1) is 5.31. The number of rotatable bonds is 0. The molecule has 2 heteroatoms. The molecule has 1 rings (SSSR count). The molecule has 0 aromatic carbocycles. The second kappa shape index (κ2) is 3.20. The van der Waals surface area contributed by atoms with Gasteiger partial charge in [0.05, 0.1) is 0 Å². The van der Waals surface area contributed by atoms with Gasteiger partial charge < -0.3 is 0 Å². The average molecular weight is 200 g/mol. The molecule has 0 bridgehead atoms. The van der Waals surface area contributed by atoms with Gasteiger partial charge in [0, 0.05) is 5.16 Å². The van der Waals surface area contributed by atoms with Crippen LogP contribution in [0, 0.1) is 5.41 Å². The summed E-state index contributed by atoms with van der Waals surface area (Å²) in [6.45, 7) is 8.98. The van der Waals surface area contributed by atoms with Crippen LogP contribution in [0.25, 0.3) is 0 Å². The molecule has 0 aliphatic carbocycles. The molecule has 0 saturated carbocycles. The zero-order chi connectivity index (χ0) is 9.41. The Morgan fingerprint density at radius 2 is 2.00 bits per heavy atom. The van der Waals surface area contributed by atoms with Crippen LogP contribution in [0.15, 0.2) is 22.5 Å². The fourth-order valence-electron chi connectivity index (χ4n) is 1.01. The van der Waals surface area contributed by atoms with E-state index in [2.05, 4.69) is 54.5 Å². The van der Waals surface area contributed by atoms with Crippen molar-refractivity contribution in [1.29, 1.82) is 0 Å². The summed E-state index contributed by atoms with van der Waals surface area (Å²) in [6.07, 6.45) is 4.56. The first-order valence-corrected chi connectivity index (χ1v) is 5.63. The molecular weight excluding hydrogens is 183 g/mol. The predicted molar refractivity (Wildman–Crippen MR) is 62.4 cm³/mol. The fraction of sp³-hybridized carbons (Fsp3) is 0.600. The number of hydrogen-bond donors (Lipinski definition) is 0. The van der Waals surface area contributed by atoms with Crippen molar-refractivity contribution in [3.63, 3.8) is 0 Å². The molecule has 0 saturated heterocycles. The highest BCUT2D eigenvalue weighted by molar-refractivity contribution is 8.05. The second-order valence-corrected chi connectivity index (χ2v) is 6.74. The topological polar surface area (TPSA) is 0 Å². The lowest BCUT2D eigenvalue weighted by atomic mass is 9.93. The molecule has 0 N–H and O–H groups in total. The van der Waals surface area contributed by atoms with E-state index in [0.717, 1.165) is 0 Å². The normalized spacial score (nSPS) is 30.2. The highest BCUT2D eigenvalue weighted by atomic mass is 32.2. The quantitative estimate of drug-likeness (QED) is 0.536. The molecule has 1 aliphatic heterocycles. The maximum atomic E-state index is 2.87. The van der Waals surface area contributed by atoms with Crippen molar-refractivity contribution in [2.75, 3.05) is 0 Å². The average Bonchev–Trinajstić information content (AvgIpc) is 1.83. The monoisotopic (exact) mass is 200 g/mol. The maximum Gasteiger partial charge on any atom is 0.0196 e. The summed E-state index contributed by atoms with van der Waals surface area (Å²) in [5.41, 5.74) is 0.285. The highest BCUT2D eigenvalue weighted by Crippen LogP contribution is 2.42. The Hall–Kier alpha value is 0.260. The molecule has 0 nitrogen and oxygen atoms in total. The van der Waals surface area contributed by atoms with Crippen LogP contribution in [-0.4, -0.2) is 5.16 Å². The van der Waals surface area contributed by atoms with Gasteiger partial charge in [0.2, 0.25) is 0 Å². The zero-order valence-electron chi connectivity index (χ0n) is 8.22. The lowest BCUT2D eigenvalue weighted by Crippen LogP contribution is -2.16. The predicted octanol–water partition coefficient (Wildman–Crippen LogP) is 3.81. The summed E-state index contributed by atoms with van der Waals surface area (Å²) in [7, 11) is 2.87. The summed E-state index contributed by atoms with van der Waals surface area (Å²) in [5, 5.41) is 2.35. The van der Waals surface area contributed by atoms with Crippen LogP contribution in [0.3, 0.4) is 0 Å². The molecular formula is C10H17PS. The van der Waals surface area contributed by atoms with E-state index < -0.39 is 0 Å². The molecule has 1 aliphatic rings. The molecule has 68 valence electrons. The fourth-order valence-corrected chi connectivity index (χ4v) is 2.72. The number of hydrogen-bond acceptors (Lipinski definition) is 1. The molecule has 0 aromatic rings. The second-order valence-electron chi connectivity index (χ2n) is 4.55. The van der Waals surface area contributed by atoms with Gasteiger partial charge in [-0.25, -0.2) is 0 Å². The Bertz CT molecular complexity index is 231. The molecule has 0 spiro atoms. The molecule has 12 heavy (non-hydrogen) atoms. The van der Waals surface area contributed by atoms with Crippen LogP contribution in [0.1, 0.15) is 27.7 Å². The summed E-state index contributed by atoms with van der Waals surface area (Å²) in [6, 6.07) is 0. The van der Waals surface area contributed by atoms with Gasteiger partial charge in [0.15, 0.2) is 0 Å². The number of thioether (sulfide) groups is 1. The van der Waals surface area contributed by atoms with E-state index in [4.69, 9.17) is 0 Å². The lowest BCUT2D eigenvalue weighted by molar-refractivity contribution is 0.530. The first-order valence-electron chi connectivity index (χ1n) is 4.18. The van der Waals surface area contributed by atoms with E-state index in [1.54, 1.807) is 0 Å². The Kier molecular flexibility index (Phi) is 2.75. The van der Waals surface area contributed by atoms with Gasteiger partial charge in [0.25, 0.3) is 0 Å². The number of allylic oxidation sites excluding steroid dienone is 3. The van der Waals surface area contributed by atoms with E-state index in [-0.39, 0.29) is 10.6 Å².